The molecule has 1 aliphatic rings. The second-order valence-corrected chi connectivity index (χ2v) is 9.01. The average Bonchev–Trinajstić information content (AvgIpc) is 2.91. The van der Waals surface area contributed by atoms with Gasteiger partial charge in [-0.2, -0.15) is 13.2 Å². The van der Waals surface area contributed by atoms with Gasteiger partial charge in [-0.3, -0.25) is 9.59 Å². The number of benzodiazepines with no additional fused rings is 1. The first-order valence-electron chi connectivity index (χ1n) is 11.5. The molecule has 0 radical (unpaired) electrons. The Hall–Kier alpha value is -3.20. The zero-order chi connectivity index (χ0) is 25.8. The number of amides is 2. The summed E-state index contributed by atoms with van der Waals surface area (Å²) in [5.74, 6) is -1.14. The number of halogens is 3. The van der Waals surface area contributed by atoms with Crippen LogP contribution in [0, 0.1) is 11.8 Å². The third kappa shape index (κ3) is 6.28. The predicted molar refractivity (Wildman–Crippen MR) is 128 cm³/mol. The van der Waals surface area contributed by atoms with E-state index in [0.717, 1.165) is 12.5 Å². The number of hydrogen-bond donors (Lipinski definition) is 1. The number of likely N-dealkylation sites (N-methyl/N-ethyl adjacent to an activating group) is 1. The molecule has 0 aromatic heterocycles. The van der Waals surface area contributed by atoms with E-state index in [1.54, 1.807) is 31.2 Å². The Morgan fingerprint density at radius 3 is 2.37 bits per heavy atom. The van der Waals surface area contributed by atoms with Crippen LogP contribution in [0.4, 0.5) is 18.9 Å². The van der Waals surface area contributed by atoms with Crippen LogP contribution in [0.5, 0.6) is 0 Å². The average molecular weight is 490 g/mol. The summed E-state index contributed by atoms with van der Waals surface area (Å²) in [4.78, 5) is 31.7. The number of ether oxygens (including phenoxy) is 1. The van der Waals surface area contributed by atoms with Crippen LogP contribution in [0.3, 0.4) is 0 Å². The molecule has 2 unspecified atom stereocenters. The number of carbonyl (C=O) groups is 2. The number of nitrogens with one attached hydrogen (secondary N) is 1. The molecule has 1 heterocycles. The maximum atomic E-state index is 13.8. The second kappa shape index (κ2) is 11.0. The lowest BCUT2D eigenvalue weighted by Crippen LogP contribution is -2.48. The molecule has 0 spiro atoms. The number of carbonyl (C=O) groups excluding carboxylic acids is 2. The molecule has 2 amide bonds. The highest BCUT2D eigenvalue weighted by Crippen LogP contribution is 2.35. The van der Waals surface area contributed by atoms with Gasteiger partial charge >= 0.3 is 6.18 Å². The van der Waals surface area contributed by atoms with Gasteiger partial charge in [-0.15, -0.1) is 0 Å². The Kier molecular flexibility index (Phi) is 8.32. The first-order valence-corrected chi connectivity index (χ1v) is 11.5. The number of aliphatic imine (C=N–C) groups is 1. The third-order valence-electron chi connectivity index (χ3n) is 5.76. The molecule has 0 saturated carbocycles. The van der Waals surface area contributed by atoms with E-state index in [2.05, 4.69) is 24.2 Å². The Labute approximate surface area is 203 Å². The van der Waals surface area contributed by atoms with Gasteiger partial charge in [0.15, 0.2) is 0 Å². The number of nitrogens with zero attached hydrogens (tertiary/aromatic N) is 2. The summed E-state index contributed by atoms with van der Waals surface area (Å²) in [6.07, 6.45) is -5.17. The van der Waals surface area contributed by atoms with Crippen LogP contribution in [-0.4, -0.2) is 44.0 Å². The van der Waals surface area contributed by atoms with Crippen molar-refractivity contribution in [1.82, 2.24) is 5.32 Å². The van der Waals surface area contributed by atoms with Crippen molar-refractivity contribution < 1.29 is 27.5 Å². The smallest absolute Gasteiger partial charge is 0.381 e. The van der Waals surface area contributed by atoms with Gasteiger partial charge in [0.25, 0.3) is 5.91 Å². The molecule has 2 atom stereocenters. The highest BCUT2D eigenvalue weighted by Gasteiger charge is 2.37. The van der Waals surface area contributed by atoms with Gasteiger partial charge in [-0.1, -0.05) is 57.2 Å². The fourth-order valence-corrected chi connectivity index (χ4v) is 3.70. The summed E-state index contributed by atoms with van der Waals surface area (Å²) in [7, 11) is 1.51. The van der Waals surface area contributed by atoms with Gasteiger partial charge < -0.3 is 15.0 Å². The normalized spacial score (nSPS) is 17.0. The second-order valence-electron chi connectivity index (χ2n) is 9.01. The topological polar surface area (TPSA) is 71.0 Å². The SMILES string of the molecule is CC(C)CCOCC(C)C(=O)NC1N=C(c2ccccc2C(F)(F)F)c2ccccc2N(C)C1=O. The zero-order valence-electron chi connectivity index (χ0n) is 20.2. The van der Waals surface area contributed by atoms with Crippen LogP contribution >= 0.6 is 0 Å². The van der Waals surface area contributed by atoms with E-state index in [1.165, 1.54) is 30.1 Å². The number of para-hydroxylation sites is 1. The number of benzene rings is 2. The van der Waals surface area contributed by atoms with Gasteiger partial charge in [-0.05, 0) is 24.5 Å². The molecule has 1 aliphatic heterocycles. The number of anilines is 1. The largest absolute Gasteiger partial charge is 0.417 e. The van der Waals surface area contributed by atoms with Gasteiger partial charge in [0.1, 0.15) is 0 Å². The predicted octanol–water partition coefficient (Wildman–Crippen LogP) is 4.66. The van der Waals surface area contributed by atoms with E-state index in [4.69, 9.17) is 4.74 Å². The highest BCUT2D eigenvalue weighted by atomic mass is 19.4. The van der Waals surface area contributed by atoms with E-state index in [-0.39, 0.29) is 17.9 Å². The molecule has 0 aliphatic carbocycles. The van der Waals surface area contributed by atoms with Gasteiger partial charge in [0.2, 0.25) is 12.1 Å². The van der Waals surface area contributed by atoms with Crippen LogP contribution < -0.4 is 10.2 Å². The minimum absolute atomic E-state index is 0.0163. The summed E-state index contributed by atoms with van der Waals surface area (Å²) < 4.78 is 47.1. The van der Waals surface area contributed by atoms with E-state index < -0.39 is 35.6 Å². The van der Waals surface area contributed by atoms with Crippen LogP contribution in [0.15, 0.2) is 53.5 Å². The molecule has 35 heavy (non-hydrogen) atoms. The van der Waals surface area contributed by atoms with Crippen molar-refractivity contribution in [3.05, 3.63) is 65.2 Å². The van der Waals surface area contributed by atoms with Crippen molar-refractivity contribution in [1.29, 1.82) is 0 Å². The molecule has 0 fully saturated rings. The molecule has 0 saturated heterocycles. The molecule has 1 N–H and O–H groups in total. The quantitative estimate of drug-likeness (QED) is 0.549. The molecule has 188 valence electrons. The summed E-state index contributed by atoms with van der Waals surface area (Å²) >= 11 is 0. The van der Waals surface area contributed by atoms with Gasteiger partial charge in [-0.25, -0.2) is 4.99 Å². The van der Waals surface area contributed by atoms with Crippen LogP contribution in [0.2, 0.25) is 0 Å². The van der Waals surface area contributed by atoms with Crippen molar-refractivity contribution in [3.8, 4) is 0 Å². The van der Waals surface area contributed by atoms with Gasteiger partial charge in [0, 0.05) is 24.8 Å². The Bertz CT molecular complexity index is 1100. The molecule has 9 heteroatoms. The van der Waals surface area contributed by atoms with E-state index in [0.29, 0.717) is 23.8 Å². The van der Waals surface area contributed by atoms with Crippen molar-refractivity contribution in [2.75, 3.05) is 25.2 Å². The lowest BCUT2D eigenvalue weighted by atomic mass is 9.96. The first-order chi connectivity index (χ1) is 16.5. The standard InChI is InChI=1S/C26H30F3N3O3/c1-16(2)13-14-35-15-17(3)24(33)31-23-25(34)32(4)21-12-8-6-10-19(21)22(30-23)18-9-5-7-11-20(18)26(27,28)29/h5-12,16-17,23H,13-15H2,1-4H3,(H,31,33). The van der Waals surface area contributed by atoms with E-state index in [1.807, 2.05) is 0 Å². The highest BCUT2D eigenvalue weighted by molar-refractivity contribution is 6.20. The summed E-state index contributed by atoms with van der Waals surface area (Å²) in [6, 6.07) is 11.7. The molecule has 0 bridgehead atoms. The molecular weight excluding hydrogens is 459 g/mol. The maximum Gasteiger partial charge on any atom is 0.417 e. The summed E-state index contributed by atoms with van der Waals surface area (Å²) in [5.41, 5.74) is -0.295. The molecule has 6 nitrogen and oxygen atoms in total. The lowest BCUT2D eigenvalue weighted by Gasteiger charge is -2.22. The van der Waals surface area contributed by atoms with Crippen molar-refractivity contribution in [3.63, 3.8) is 0 Å². The lowest BCUT2D eigenvalue weighted by molar-refractivity contribution is -0.137. The van der Waals surface area contributed by atoms with Gasteiger partial charge in [0.05, 0.1) is 29.5 Å². The van der Waals surface area contributed by atoms with Crippen molar-refractivity contribution in [2.24, 2.45) is 16.8 Å². The number of alkyl halides is 3. The van der Waals surface area contributed by atoms with E-state index in [9.17, 15) is 22.8 Å². The number of hydrogen-bond acceptors (Lipinski definition) is 4. The fraction of sp³-hybridized carbons (Fsp3) is 0.423. The summed E-state index contributed by atoms with van der Waals surface area (Å²) in [5, 5.41) is 2.60. The maximum absolute atomic E-state index is 13.8. The molecular formula is C26H30F3N3O3. The third-order valence-corrected chi connectivity index (χ3v) is 5.76. The van der Waals surface area contributed by atoms with Crippen LogP contribution in [0.25, 0.3) is 0 Å². The minimum atomic E-state index is -4.63. The fourth-order valence-electron chi connectivity index (χ4n) is 3.70. The van der Waals surface area contributed by atoms with E-state index >= 15 is 0 Å². The number of fused-ring (bicyclic) bond motifs is 1. The van der Waals surface area contributed by atoms with Crippen molar-refractivity contribution in [2.45, 2.75) is 39.5 Å². The Morgan fingerprint density at radius 2 is 1.71 bits per heavy atom. The summed E-state index contributed by atoms with van der Waals surface area (Å²) in [6.45, 7) is 6.46. The van der Waals surface area contributed by atoms with Crippen LogP contribution in [-0.2, 0) is 20.5 Å². The minimum Gasteiger partial charge on any atom is -0.381 e. The molecule has 2 aromatic carbocycles. The monoisotopic (exact) mass is 489 g/mol. The Balaban J connectivity index is 1.97. The molecule has 2 aromatic rings. The number of rotatable bonds is 8. The first kappa shape index (κ1) is 26.4. The van der Waals surface area contributed by atoms with Crippen molar-refractivity contribution >= 4 is 23.2 Å². The molecule has 3 rings (SSSR count). The van der Waals surface area contributed by atoms with Crippen LogP contribution in [0.1, 0.15) is 43.9 Å². The Morgan fingerprint density at radius 1 is 1.09 bits per heavy atom. The zero-order valence-corrected chi connectivity index (χ0v) is 20.2.